The molecule has 3 aromatic rings. The van der Waals surface area contributed by atoms with Gasteiger partial charge in [0.25, 0.3) is 5.91 Å². The highest BCUT2D eigenvalue weighted by molar-refractivity contribution is 6.34. The average Bonchev–Trinajstić information content (AvgIpc) is 2.96. The van der Waals surface area contributed by atoms with E-state index in [1.165, 1.54) is 25.3 Å². The van der Waals surface area contributed by atoms with Crippen LogP contribution in [0.4, 0.5) is 24.8 Å². The number of nitrogens with one attached hydrogen (secondary N) is 2. The number of methoxy groups -OCH3 is 1. The lowest BCUT2D eigenvalue weighted by Gasteiger charge is -2.29. The zero-order valence-corrected chi connectivity index (χ0v) is 24.4. The molecule has 0 radical (unpaired) electrons. The fourth-order valence-corrected chi connectivity index (χ4v) is 5.23. The molecule has 13 heteroatoms. The molecule has 0 unspecified atom stereocenters. The van der Waals surface area contributed by atoms with Gasteiger partial charge in [0.2, 0.25) is 11.8 Å². The summed E-state index contributed by atoms with van der Waals surface area (Å²) in [6.07, 6.45) is -0.439. The number of Topliss-reactive ketones (excluding diaryl/α,β-unsaturated/α-hetero) is 1. The van der Waals surface area contributed by atoms with Crippen molar-refractivity contribution in [2.75, 3.05) is 32.6 Å². The summed E-state index contributed by atoms with van der Waals surface area (Å²) in [6.45, 7) is 3.37. The highest BCUT2D eigenvalue weighted by Crippen LogP contribution is 2.40. The Morgan fingerprint density at radius 2 is 1.91 bits per heavy atom. The first-order valence-corrected chi connectivity index (χ1v) is 13.9. The summed E-state index contributed by atoms with van der Waals surface area (Å²) in [7, 11) is 3.40. The molecular formula is C30H29ClF3N5O4. The smallest absolute Gasteiger partial charge is 0.423 e. The van der Waals surface area contributed by atoms with Crippen molar-refractivity contribution < 1.29 is 32.2 Å². The molecule has 5 rings (SSSR count). The quantitative estimate of drug-likeness (QED) is 0.324. The number of carbonyl (C=O) groups is 2. The number of amides is 1. The number of piperidine rings is 1. The van der Waals surface area contributed by atoms with Gasteiger partial charge in [0.15, 0.2) is 5.78 Å². The molecule has 0 atom stereocenters. The summed E-state index contributed by atoms with van der Waals surface area (Å²) in [6, 6.07) is 7.59. The summed E-state index contributed by atoms with van der Waals surface area (Å²) < 4.78 is 52.9. The summed E-state index contributed by atoms with van der Waals surface area (Å²) in [5, 5.41) is 5.89. The van der Waals surface area contributed by atoms with Gasteiger partial charge in [0.1, 0.15) is 17.1 Å². The predicted octanol–water partition coefficient (Wildman–Crippen LogP) is 6.20. The van der Waals surface area contributed by atoms with Gasteiger partial charge >= 0.3 is 6.18 Å². The minimum absolute atomic E-state index is 0.00739. The zero-order valence-electron chi connectivity index (χ0n) is 23.6. The number of allylic oxidation sites excluding steroid dienone is 2. The molecule has 9 nitrogen and oxygen atoms in total. The number of likely N-dealkylation sites (tertiary alicyclic amines) is 1. The van der Waals surface area contributed by atoms with Crippen LogP contribution in [-0.4, -0.2) is 59.8 Å². The number of halogens is 4. The molecule has 1 saturated heterocycles. The number of ketones is 1. The van der Waals surface area contributed by atoms with Crippen molar-refractivity contribution in [1.82, 2.24) is 20.2 Å². The first kappa shape index (κ1) is 30.3. The first-order chi connectivity index (χ1) is 20.4. The van der Waals surface area contributed by atoms with Crippen LogP contribution in [0.2, 0.25) is 5.02 Å². The number of rotatable bonds is 7. The average molecular weight is 616 g/mol. The lowest BCUT2D eigenvalue weighted by atomic mass is 9.90. The summed E-state index contributed by atoms with van der Waals surface area (Å²) >= 11 is 6.46. The van der Waals surface area contributed by atoms with Crippen LogP contribution in [-0.2, 0) is 12.6 Å². The summed E-state index contributed by atoms with van der Waals surface area (Å²) in [5.74, 6) is -1.61. The van der Waals surface area contributed by atoms with E-state index >= 15 is 0 Å². The van der Waals surface area contributed by atoms with E-state index in [0.717, 1.165) is 25.9 Å². The van der Waals surface area contributed by atoms with Crippen LogP contribution in [0.5, 0.6) is 17.4 Å². The van der Waals surface area contributed by atoms with E-state index in [1.54, 1.807) is 25.1 Å². The number of nitrogens with zero attached hydrogens (tertiary/aromatic N) is 3. The number of anilines is 2. The number of fused-ring (bicyclic) bond motifs is 1. The first-order valence-electron chi connectivity index (χ1n) is 13.5. The maximum atomic E-state index is 13.9. The molecule has 43 heavy (non-hydrogen) atoms. The SMILES string of the molecule is COc1cc(C(=O)NC2CCN(C)CC2)c(Cl)cc1Nc1ncc(C(F)(F)F)c(Oc2cccc3c2C(=O)C(C)=CC3)n1. The Morgan fingerprint density at radius 3 is 2.60 bits per heavy atom. The van der Waals surface area contributed by atoms with Crippen LogP contribution in [0.1, 0.15) is 51.6 Å². The van der Waals surface area contributed by atoms with Crippen molar-refractivity contribution in [2.45, 2.75) is 38.4 Å². The van der Waals surface area contributed by atoms with Crippen LogP contribution >= 0.6 is 11.6 Å². The third-order valence-corrected chi connectivity index (χ3v) is 7.74. The molecule has 2 heterocycles. The van der Waals surface area contributed by atoms with Crippen molar-refractivity contribution in [3.63, 3.8) is 0 Å². The van der Waals surface area contributed by atoms with E-state index in [9.17, 15) is 22.8 Å². The standard InChI is InChI=1S/C30H29ClF3N5O4/c1-16-7-8-17-5-4-6-23(25(17)26(16)40)43-28-20(30(32,33)34)15-35-29(38-28)37-22-14-21(31)19(13-24(22)42-3)27(41)36-18-9-11-39(2)12-10-18/h4-7,13-15,18H,8-12H2,1-3H3,(H,36,41)(H,35,37,38). The van der Waals surface area contributed by atoms with Crippen LogP contribution < -0.4 is 20.1 Å². The molecule has 0 saturated carbocycles. The molecule has 2 N–H and O–H groups in total. The lowest BCUT2D eigenvalue weighted by Crippen LogP contribution is -2.43. The van der Waals surface area contributed by atoms with Crippen LogP contribution in [0, 0.1) is 0 Å². The number of carbonyl (C=O) groups excluding carboxylic acids is 2. The molecule has 0 spiro atoms. The van der Waals surface area contributed by atoms with Gasteiger partial charge in [0, 0.05) is 12.2 Å². The number of ether oxygens (including phenoxy) is 2. The normalized spacial score (nSPS) is 15.9. The highest BCUT2D eigenvalue weighted by Gasteiger charge is 2.37. The third kappa shape index (κ3) is 6.60. The van der Waals surface area contributed by atoms with Gasteiger partial charge in [-0.25, -0.2) is 4.98 Å². The van der Waals surface area contributed by atoms with Crippen molar-refractivity contribution in [3.8, 4) is 17.4 Å². The number of alkyl halides is 3. The second-order valence-corrected chi connectivity index (χ2v) is 10.8. The van der Waals surface area contributed by atoms with E-state index < -0.39 is 17.6 Å². The second-order valence-electron chi connectivity index (χ2n) is 10.4. The molecule has 1 aliphatic heterocycles. The van der Waals surface area contributed by atoms with E-state index in [0.29, 0.717) is 23.8 Å². The van der Waals surface area contributed by atoms with Crippen LogP contribution in [0.25, 0.3) is 0 Å². The molecule has 1 aromatic heterocycles. The van der Waals surface area contributed by atoms with Gasteiger partial charge in [-0.3, -0.25) is 9.59 Å². The van der Waals surface area contributed by atoms with Gasteiger partial charge in [-0.15, -0.1) is 0 Å². The maximum Gasteiger partial charge on any atom is 0.423 e. The molecule has 226 valence electrons. The Hall–Kier alpha value is -4.16. The van der Waals surface area contributed by atoms with Gasteiger partial charge < -0.3 is 25.0 Å². The minimum atomic E-state index is -4.84. The predicted molar refractivity (Wildman–Crippen MR) is 155 cm³/mol. The number of aromatic nitrogens is 2. The van der Waals surface area contributed by atoms with Crippen molar-refractivity contribution in [2.24, 2.45) is 0 Å². The number of hydrogen-bond donors (Lipinski definition) is 2. The second kappa shape index (κ2) is 12.2. The van der Waals surface area contributed by atoms with E-state index in [-0.39, 0.29) is 57.0 Å². The lowest BCUT2D eigenvalue weighted by molar-refractivity contribution is -0.139. The molecular weight excluding hydrogens is 587 g/mol. The zero-order chi connectivity index (χ0) is 30.9. The third-order valence-electron chi connectivity index (χ3n) is 7.43. The Kier molecular flexibility index (Phi) is 8.61. The van der Waals surface area contributed by atoms with Crippen molar-refractivity contribution in [3.05, 3.63) is 75.5 Å². The Bertz CT molecular complexity index is 1600. The monoisotopic (exact) mass is 615 g/mol. The summed E-state index contributed by atoms with van der Waals surface area (Å²) in [5.41, 5.74) is 0.458. The van der Waals surface area contributed by atoms with E-state index in [4.69, 9.17) is 21.1 Å². The molecule has 2 aliphatic rings. The molecule has 1 fully saturated rings. The maximum absolute atomic E-state index is 13.9. The van der Waals surface area contributed by atoms with Crippen molar-refractivity contribution >= 4 is 34.9 Å². The summed E-state index contributed by atoms with van der Waals surface area (Å²) in [4.78, 5) is 35.8. The van der Waals surface area contributed by atoms with Crippen LogP contribution in [0.15, 0.2) is 48.2 Å². The number of hydrogen-bond acceptors (Lipinski definition) is 8. The van der Waals surface area contributed by atoms with E-state index in [1.807, 2.05) is 7.05 Å². The fourth-order valence-electron chi connectivity index (χ4n) is 4.98. The Labute approximate surface area is 251 Å². The highest BCUT2D eigenvalue weighted by atomic mass is 35.5. The van der Waals surface area contributed by atoms with Gasteiger partial charge in [-0.2, -0.15) is 18.2 Å². The Balaban J connectivity index is 1.43. The fraction of sp³-hybridized carbons (Fsp3) is 0.333. The van der Waals surface area contributed by atoms with E-state index in [2.05, 4.69) is 25.5 Å². The van der Waals surface area contributed by atoms with Gasteiger partial charge in [0.05, 0.1) is 28.9 Å². The largest absolute Gasteiger partial charge is 0.495 e. The van der Waals surface area contributed by atoms with Gasteiger partial charge in [-0.05, 0) is 75.7 Å². The molecule has 1 amide bonds. The molecule has 0 bridgehead atoms. The Morgan fingerprint density at radius 1 is 1.16 bits per heavy atom. The molecule has 1 aliphatic carbocycles. The van der Waals surface area contributed by atoms with Crippen LogP contribution in [0.3, 0.4) is 0 Å². The minimum Gasteiger partial charge on any atom is -0.495 e. The molecule has 2 aromatic carbocycles. The van der Waals surface area contributed by atoms with Crippen molar-refractivity contribution in [1.29, 1.82) is 0 Å². The van der Waals surface area contributed by atoms with Gasteiger partial charge in [-0.1, -0.05) is 29.8 Å². The number of benzene rings is 2. The topological polar surface area (TPSA) is 106 Å².